The maximum absolute atomic E-state index is 12.0. The number of carbonyl (C=O) groups excluding carboxylic acids is 2. The van der Waals surface area contributed by atoms with Gasteiger partial charge in [-0.2, -0.15) is 0 Å². The molecule has 0 saturated carbocycles. The summed E-state index contributed by atoms with van der Waals surface area (Å²) in [4.78, 5) is 31.5. The molecule has 1 aliphatic heterocycles. The van der Waals surface area contributed by atoms with Gasteiger partial charge in [-0.05, 0) is 20.8 Å². The Balaban J connectivity index is 2.02. The molecule has 108 valence electrons. The second kappa shape index (κ2) is 5.32. The highest BCUT2D eigenvalue weighted by Gasteiger charge is 2.27. The number of hydrogen-bond donors (Lipinski definition) is 3. The van der Waals surface area contributed by atoms with Crippen LogP contribution >= 0.6 is 0 Å². The summed E-state index contributed by atoms with van der Waals surface area (Å²) in [7, 11) is 0. The highest BCUT2D eigenvalue weighted by molar-refractivity contribution is 6.00. The summed E-state index contributed by atoms with van der Waals surface area (Å²) in [5.41, 5.74) is -0.140. The second-order valence-electron chi connectivity index (χ2n) is 5.35. The summed E-state index contributed by atoms with van der Waals surface area (Å²) in [6, 6.07) is -0.751. The van der Waals surface area contributed by atoms with Crippen LogP contribution < -0.4 is 16.0 Å². The van der Waals surface area contributed by atoms with Gasteiger partial charge >= 0.3 is 6.09 Å². The molecule has 8 nitrogen and oxygen atoms in total. The molecule has 0 bridgehead atoms. The Morgan fingerprint density at radius 3 is 2.95 bits per heavy atom. The second-order valence-corrected chi connectivity index (χ2v) is 5.35. The molecule has 0 aliphatic carbocycles. The van der Waals surface area contributed by atoms with Crippen molar-refractivity contribution in [3.8, 4) is 0 Å². The third-order valence-corrected chi connectivity index (χ3v) is 2.45. The van der Waals surface area contributed by atoms with Crippen molar-refractivity contribution in [2.75, 3.05) is 17.2 Å². The summed E-state index contributed by atoms with van der Waals surface area (Å²) in [5, 5.41) is 8.13. The van der Waals surface area contributed by atoms with Crippen molar-refractivity contribution < 1.29 is 14.3 Å². The number of ether oxygens (including phenoxy) is 1. The Kier molecular flexibility index (Phi) is 3.73. The van der Waals surface area contributed by atoms with Crippen LogP contribution in [0.25, 0.3) is 0 Å². The molecule has 0 radical (unpaired) electrons. The summed E-state index contributed by atoms with van der Waals surface area (Å²) in [6.07, 6.45) is 2.22. The van der Waals surface area contributed by atoms with E-state index in [2.05, 4.69) is 25.9 Å². The number of fused-ring (bicyclic) bond motifs is 1. The van der Waals surface area contributed by atoms with E-state index in [1.54, 1.807) is 20.8 Å². The number of carbonyl (C=O) groups is 2. The van der Waals surface area contributed by atoms with Crippen LogP contribution in [0.15, 0.2) is 12.5 Å². The molecule has 0 fully saturated rings. The summed E-state index contributed by atoms with van der Waals surface area (Å²) in [5.74, 6) is 0.166. The molecule has 20 heavy (non-hydrogen) atoms. The van der Waals surface area contributed by atoms with Gasteiger partial charge in [0.15, 0.2) is 5.82 Å². The van der Waals surface area contributed by atoms with Gasteiger partial charge in [0.1, 0.15) is 23.7 Å². The molecule has 2 heterocycles. The van der Waals surface area contributed by atoms with E-state index in [9.17, 15) is 9.59 Å². The smallest absolute Gasteiger partial charge is 0.408 e. The van der Waals surface area contributed by atoms with E-state index in [1.807, 2.05) is 0 Å². The van der Waals surface area contributed by atoms with E-state index in [0.717, 1.165) is 0 Å². The van der Waals surface area contributed by atoms with Crippen LogP contribution in [0.5, 0.6) is 0 Å². The monoisotopic (exact) mass is 279 g/mol. The third kappa shape index (κ3) is 3.56. The van der Waals surface area contributed by atoms with Crippen molar-refractivity contribution in [3.05, 3.63) is 12.5 Å². The van der Waals surface area contributed by atoms with E-state index in [4.69, 9.17) is 4.74 Å². The highest BCUT2D eigenvalue weighted by atomic mass is 16.6. The van der Waals surface area contributed by atoms with Crippen molar-refractivity contribution in [3.63, 3.8) is 0 Å². The molecule has 3 N–H and O–H groups in total. The lowest BCUT2D eigenvalue weighted by Crippen LogP contribution is -2.48. The van der Waals surface area contributed by atoms with E-state index in [-0.39, 0.29) is 12.5 Å². The number of anilines is 2. The van der Waals surface area contributed by atoms with Gasteiger partial charge < -0.3 is 20.7 Å². The first-order valence-electron chi connectivity index (χ1n) is 6.19. The van der Waals surface area contributed by atoms with Crippen molar-refractivity contribution in [2.24, 2.45) is 0 Å². The van der Waals surface area contributed by atoms with Gasteiger partial charge in [0, 0.05) is 6.54 Å². The maximum Gasteiger partial charge on any atom is 0.408 e. The van der Waals surface area contributed by atoms with Crippen molar-refractivity contribution in [1.29, 1.82) is 0 Å². The number of alkyl carbamates (subject to hydrolysis) is 1. The first-order chi connectivity index (χ1) is 9.35. The fourth-order valence-corrected chi connectivity index (χ4v) is 1.64. The molecule has 2 rings (SSSR count). The van der Waals surface area contributed by atoms with Gasteiger partial charge in [-0.25, -0.2) is 14.8 Å². The summed E-state index contributed by atoms with van der Waals surface area (Å²) in [6.45, 7) is 5.48. The Hall–Kier alpha value is -2.38. The minimum atomic E-state index is -0.751. The summed E-state index contributed by atoms with van der Waals surface area (Å²) < 4.78 is 5.12. The van der Waals surface area contributed by atoms with Crippen LogP contribution in [0.4, 0.5) is 16.3 Å². The quantitative estimate of drug-likeness (QED) is 0.700. The SMILES string of the molecule is CC(C)(C)OC(=O)N[C@H]1CNc2ncncc2NC1=O. The number of hydrogen-bond acceptors (Lipinski definition) is 6. The maximum atomic E-state index is 12.0. The molecule has 2 amide bonds. The van der Waals surface area contributed by atoms with Gasteiger partial charge in [-0.1, -0.05) is 0 Å². The lowest BCUT2D eigenvalue weighted by Gasteiger charge is -2.22. The average molecular weight is 279 g/mol. The summed E-state index contributed by atoms with van der Waals surface area (Å²) >= 11 is 0. The lowest BCUT2D eigenvalue weighted by atomic mass is 10.2. The number of amides is 2. The molecule has 1 aromatic rings. The Morgan fingerprint density at radius 2 is 2.25 bits per heavy atom. The molecule has 1 aliphatic rings. The number of nitrogens with zero attached hydrogens (tertiary/aromatic N) is 2. The van der Waals surface area contributed by atoms with Crippen LogP contribution in [-0.2, 0) is 9.53 Å². The van der Waals surface area contributed by atoms with Crippen LogP contribution in [0.3, 0.4) is 0 Å². The van der Waals surface area contributed by atoms with Crippen LogP contribution in [0.2, 0.25) is 0 Å². The van der Waals surface area contributed by atoms with Crippen molar-refractivity contribution >= 4 is 23.5 Å². The predicted molar refractivity (Wildman–Crippen MR) is 72.3 cm³/mol. The zero-order chi connectivity index (χ0) is 14.8. The number of nitrogens with one attached hydrogen (secondary N) is 3. The zero-order valence-corrected chi connectivity index (χ0v) is 11.6. The average Bonchev–Trinajstić information content (AvgIpc) is 2.47. The molecular formula is C12H17N5O3. The fraction of sp³-hybridized carbons (Fsp3) is 0.500. The van der Waals surface area contributed by atoms with E-state index < -0.39 is 17.7 Å². The van der Waals surface area contributed by atoms with Crippen molar-refractivity contribution in [1.82, 2.24) is 15.3 Å². The van der Waals surface area contributed by atoms with Gasteiger partial charge in [0.2, 0.25) is 5.91 Å². The Morgan fingerprint density at radius 1 is 1.50 bits per heavy atom. The predicted octanol–water partition coefficient (Wildman–Crippen LogP) is 0.734. The molecule has 1 atom stereocenters. The topological polar surface area (TPSA) is 105 Å². The first-order valence-corrected chi connectivity index (χ1v) is 6.19. The van der Waals surface area contributed by atoms with Crippen LogP contribution in [0.1, 0.15) is 20.8 Å². The van der Waals surface area contributed by atoms with Crippen LogP contribution in [0, 0.1) is 0 Å². The Bertz CT molecular complexity index is 526. The third-order valence-electron chi connectivity index (χ3n) is 2.45. The molecule has 8 heteroatoms. The van der Waals surface area contributed by atoms with Crippen LogP contribution in [-0.4, -0.2) is 40.2 Å². The normalized spacial score (nSPS) is 18.1. The fourth-order valence-electron chi connectivity index (χ4n) is 1.64. The van der Waals surface area contributed by atoms with Gasteiger partial charge in [-0.3, -0.25) is 4.79 Å². The standard InChI is InChI=1S/C12H17N5O3/c1-12(2,3)20-11(19)17-8-5-14-9-7(16-10(8)18)4-13-6-15-9/h4,6,8H,5H2,1-3H3,(H,16,18)(H,17,19)(H,13,14,15)/t8-/m0/s1. The van der Waals surface area contributed by atoms with Crippen molar-refractivity contribution in [2.45, 2.75) is 32.4 Å². The van der Waals surface area contributed by atoms with Gasteiger partial charge in [0.05, 0.1) is 6.20 Å². The van der Waals surface area contributed by atoms with Gasteiger partial charge in [-0.15, -0.1) is 0 Å². The minimum Gasteiger partial charge on any atom is -0.444 e. The molecule has 0 saturated heterocycles. The number of rotatable bonds is 1. The van der Waals surface area contributed by atoms with E-state index in [1.165, 1.54) is 12.5 Å². The number of aromatic nitrogens is 2. The minimum absolute atomic E-state index is 0.217. The molecule has 0 spiro atoms. The van der Waals surface area contributed by atoms with E-state index in [0.29, 0.717) is 11.5 Å². The first kappa shape index (κ1) is 14.0. The molecule has 1 aromatic heterocycles. The molecular weight excluding hydrogens is 262 g/mol. The lowest BCUT2D eigenvalue weighted by molar-refractivity contribution is -0.117. The van der Waals surface area contributed by atoms with Gasteiger partial charge in [0.25, 0.3) is 0 Å². The molecule has 0 aromatic carbocycles. The largest absolute Gasteiger partial charge is 0.444 e. The van der Waals surface area contributed by atoms with E-state index >= 15 is 0 Å². The highest BCUT2D eigenvalue weighted by Crippen LogP contribution is 2.19. The molecule has 0 unspecified atom stereocenters. The zero-order valence-electron chi connectivity index (χ0n) is 11.6. The Labute approximate surface area is 116 Å².